The SMILES string of the molecule is CC1=C2CCC3=CC(O)C=CC3(C)C2CCC1. The largest absolute Gasteiger partial charge is 0.385 e. The molecule has 1 nitrogen and oxygen atoms in total. The quantitative estimate of drug-likeness (QED) is 0.628. The van der Waals surface area contributed by atoms with Crippen molar-refractivity contribution in [2.24, 2.45) is 11.3 Å². The average molecular weight is 230 g/mol. The molecule has 3 unspecified atom stereocenters. The molecule has 0 aliphatic heterocycles. The second kappa shape index (κ2) is 3.84. The molecule has 1 N–H and O–H groups in total. The first kappa shape index (κ1) is 11.3. The van der Waals surface area contributed by atoms with E-state index in [9.17, 15) is 5.11 Å². The molecule has 0 bridgehead atoms. The monoisotopic (exact) mass is 230 g/mol. The summed E-state index contributed by atoms with van der Waals surface area (Å²) in [5.74, 6) is 0.694. The average Bonchev–Trinajstić information content (AvgIpc) is 2.31. The van der Waals surface area contributed by atoms with Crippen LogP contribution >= 0.6 is 0 Å². The molecule has 0 saturated heterocycles. The van der Waals surface area contributed by atoms with Gasteiger partial charge in [-0.05, 0) is 44.9 Å². The standard InChI is InChI=1S/C16H22O/c1-11-4-3-5-15-14(11)7-6-12-10-13(17)8-9-16(12,15)2/h8-10,13,15,17H,3-7H2,1-2H3. The molecule has 3 aliphatic carbocycles. The number of allylic oxidation sites excluding steroid dienone is 4. The molecule has 92 valence electrons. The van der Waals surface area contributed by atoms with Crippen molar-refractivity contribution in [1.29, 1.82) is 0 Å². The number of rotatable bonds is 0. The number of aliphatic hydroxyl groups excluding tert-OH is 1. The van der Waals surface area contributed by atoms with Gasteiger partial charge < -0.3 is 5.11 Å². The van der Waals surface area contributed by atoms with Crippen molar-refractivity contribution in [2.45, 2.75) is 52.1 Å². The van der Waals surface area contributed by atoms with Gasteiger partial charge in [0, 0.05) is 5.41 Å². The van der Waals surface area contributed by atoms with Crippen molar-refractivity contribution in [3.05, 3.63) is 34.9 Å². The second-order valence-corrected chi connectivity index (χ2v) is 6.07. The lowest BCUT2D eigenvalue weighted by atomic mass is 9.57. The molecule has 3 rings (SSSR count). The van der Waals surface area contributed by atoms with Gasteiger partial charge in [-0.25, -0.2) is 0 Å². The molecule has 0 spiro atoms. The van der Waals surface area contributed by atoms with Gasteiger partial charge in [0.2, 0.25) is 0 Å². The molecule has 3 atom stereocenters. The molecule has 1 saturated carbocycles. The summed E-state index contributed by atoms with van der Waals surface area (Å²) in [5.41, 5.74) is 5.02. The van der Waals surface area contributed by atoms with Crippen LogP contribution in [0.1, 0.15) is 46.0 Å². The van der Waals surface area contributed by atoms with Gasteiger partial charge in [-0.15, -0.1) is 0 Å². The molecule has 1 fully saturated rings. The first-order valence-corrected chi connectivity index (χ1v) is 6.88. The lowest BCUT2D eigenvalue weighted by Gasteiger charge is -2.47. The van der Waals surface area contributed by atoms with Gasteiger partial charge in [-0.1, -0.05) is 41.9 Å². The van der Waals surface area contributed by atoms with E-state index in [4.69, 9.17) is 0 Å². The van der Waals surface area contributed by atoms with Gasteiger partial charge >= 0.3 is 0 Å². The molecular weight excluding hydrogens is 208 g/mol. The van der Waals surface area contributed by atoms with E-state index in [1.807, 2.05) is 6.08 Å². The summed E-state index contributed by atoms with van der Waals surface area (Å²) in [4.78, 5) is 0. The van der Waals surface area contributed by atoms with Gasteiger partial charge in [0.15, 0.2) is 0 Å². The summed E-state index contributed by atoms with van der Waals surface area (Å²) in [5, 5.41) is 9.74. The summed E-state index contributed by atoms with van der Waals surface area (Å²) in [7, 11) is 0. The van der Waals surface area contributed by atoms with Crippen molar-refractivity contribution < 1.29 is 5.11 Å². The molecule has 0 heterocycles. The Morgan fingerprint density at radius 2 is 2.12 bits per heavy atom. The van der Waals surface area contributed by atoms with E-state index >= 15 is 0 Å². The highest BCUT2D eigenvalue weighted by atomic mass is 16.3. The third kappa shape index (κ3) is 1.63. The Bertz CT molecular complexity index is 427. The molecule has 0 aromatic heterocycles. The van der Waals surface area contributed by atoms with Gasteiger partial charge in [-0.3, -0.25) is 0 Å². The molecule has 0 aromatic carbocycles. The highest BCUT2D eigenvalue weighted by Crippen LogP contribution is 2.54. The Balaban J connectivity index is 2.04. The number of hydrogen-bond donors (Lipinski definition) is 1. The van der Waals surface area contributed by atoms with Crippen LogP contribution < -0.4 is 0 Å². The Labute approximate surface area is 104 Å². The van der Waals surface area contributed by atoms with Crippen LogP contribution in [0.15, 0.2) is 34.9 Å². The maximum Gasteiger partial charge on any atom is 0.0905 e. The van der Waals surface area contributed by atoms with E-state index in [0.717, 1.165) is 6.42 Å². The fourth-order valence-corrected chi connectivity index (χ4v) is 4.06. The minimum atomic E-state index is -0.353. The first-order chi connectivity index (χ1) is 8.11. The third-order valence-electron chi connectivity index (χ3n) is 5.10. The second-order valence-electron chi connectivity index (χ2n) is 6.07. The summed E-state index contributed by atoms with van der Waals surface area (Å²) < 4.78 is 0. The zero-order valence-corrected chi connectivity index (χ0v) is 10.9. The Hall–Kier alpha value is -0.820. The van der Waals surface area contributed by atoms with Crippen LogP contribution in [-0.4, -0.2) is 11.2 Å². The molecule has 17 heavy (non-hydrogen) atoms. The van der Waals surface area contributed by atoms with Gasteiger partial charge in [-0.2, -0.15) is 0 Å². The molecule has 1 heteroatoms. The maximum absolute atomic E-state index is 9.74. The zero-order valence-electron chi connectivity index (χ0n) is 10.9. The molecule has 0 aromatic rings. The van der Waals surface area contributed by atoms with E-state index in [1.165, 1.54) is 31.3 Å². The van der Waals surface area contributed by atoms with Crippen LogP contribution in [0.2, 0.25) is 0 Å². The van der Waals surface area contributed by atoms with Crippen molar-refractivity contribution in [3.63, 3.8) is 0 Å². The predicted octanol–water partition coefficient (Wildman–Crippen LogP) is 3.76. The van der Waals surface area contributed by atoms with E-state index in [-0.39, 0.29) is 11.5 Å². The highest BCUT2D eigenvalue weighted by molar-refractivity contribution is 5.39. The highest BCUT2D eigenvalue weighted by Gasteiger charge is 2.43. The van der Waals surface area contributed by atoms with Crippen molar-refractivity contribution in [3.8, 4) is 0 Å². The first-order valence-electron chi connectivity index (χ1n) is 6.88. The zero-order chi connectivity index (χ0) is 12.0. The fourth-order valence-electron chi connectivity index (χ4n) is 4.06. The van der Waals surface area contributed by atoms with Gasteiger partial charge in [0.1, 0.15) is 0 Å². The molecule has 0 amide bonds. The maximum atomic E-state index is 9.74. The van der Waals surface area contributed by atoms with Crippen LogP contribution in [0.25, 0.3) is 0 Å². The molecule has 3 aliphatic rings. The van der Waals surface area contributed by atoms with Crippen LogP contribution in [0.4, 0.5) is 0 Å². The number of fused-ring (bicyclic) bond motifs is 3. The van der Waals surface area contributed by atoms with Crippen molar-refractivity contribution in [1.82, 2.24) is 0 Å². The predicted molar refractivity (Wildman–Crippen MR) is 70.6 cm³/mol. The fraction of sp³-hybridized carbons (Fsp3) is 0.625. The molecular formula is C16H22O. The Morgan fingerprint density at radius 1 is 1.29 bits per heavy atom. The minimum Gasteiger partial charge on any atom is -0.385 e. The van der Waals surface area contributed by atoms with E-state index in [0.29, 0.717) is 5.92 Å². The smallest absolute Gasteiger partial charge is 0.0905 e. The van der Waals surface area contributed by atoms with Crippen molar-refractivity contribution >= 4 is 0 Å². The van der Waals surface area contributed by atoms with Crippen LogP contribution in [0, 0.1) is 11.3 Å². The minimum absolute atomic E-state index is 0.189. The van der Waals surface area contributed by atoms with E-state index < -0.39 is 0 Å². The Kier molecular flexibility index (Phi) is 2.55. The van der Waals surface area contributed by atoms with Crippen LogP contribution in [-0.2, 0) is 0 Å². The summed E-state index contributed by atoms with van der Waals surface area (Å²) >= 11 is 0. The summed E-state index contributed by atoms with van der Waals surface area (Å²) in [6, 6.07) is 0. The Morgan fingerprint density at radius 3 is 2.94 bits per heavy atom. The van der Waals surface area contributed by atoms with Crippen LogP contribution in [0.3, 0.4) is 0 Å². The lowest BCUT2D eigenvalue weighted by molar-refractivity contribution is 0.230. The van der Waals surface area contributed by atoms with Crippen LogP contribution in [0.5, 0.6) is 0 Å². The molecule has 0 radical (unpaired) electrons. The third-order valence-corrected chi connectivity index (χ3v) is 5.10. The summed E-state index contributed by atoms with van der Waals surface area (Å²) in [6.07, 6.45) is 12.3. The summed E-state index contributed by atoms with van der Waals surface area (Å²) in [6.45, 7) is 4.69. The number of hydrogen-bond acceptors (Lipinski definition) is 1. The van der Waals surface area contributed by atoms with Crippen molar-refractivity contribution in [2.75, 3.05) is 0 Å². The van der Waals surface area contributed by atoms with E-state index in [1.54, 1.807) is 11.1 Å². The van der Waals surface area contributed by atoms with E-state index in [2.05, 4.69) is 26.0 Å². The lowest BCUT2D eigenvalue weighted by Crippen LogP contribution is -2.37. The van der Waals surface area contributed by atoms with Gasteiger partial charge in [0.05, 0.1) is 6.10 Å². The van der Waals surface area contributed by atoms with Gasteiger partial charge in [0.25, 0.3) is 0 Å². The number of aliphatic hydroxyl groups is 1. The topological polar surface area (TPSA) is 20.2 Å². The normalized spacial score (nSPS) is 40.8.